The lowest BCUT2D eigenvalue weighted by atomic mass is 10.3. The lowest BCUT2D eigenvalue weighted by Crippen LogP contribution is -2.30. The van der Waals surface area contributed by atoms with Crippen LogP contribution in [0.5, 0.6) is 0 Å². The van der Waals surface area contributed by atoms with Crippen LogP contribution in [0.4, 0.5) is 0 Å². The van der Waals surface area contributed by atoms with Gasteiger partial charge in [0.1, 0.15) is 0 Å². The van der Waals surface area contributed by atoms with Crippen molar-refractivity contribution in [3.8, 4) is 0 Å². The summed E-state index contributed by atoms with van der Waals surface area (Å²) in [6, 6.07) is 0. The zero-order valence-electron chi connectivity index (χ0n) is 7.56. The van der Waals surface area contributed by atoms with Crippen LogP contribution in [0.25, 0.3) is 0 Å². The summed E-state index contributed by atoms with van der Waals surface area (Å²) in [5, 5.41) is 3.48. The molecule has 0 heterocycles. The van der Waals surface area contributed by atoms with Crippen molar-refractivity contribution in [3.63, 3.8) is 0 Å². The van der Waals surface area contributed by atoms with Gasteiger partial charge in [-0.1, -0.05) is 6.92 Å². The van der Waals surface area contributed by atoms with E-state index in [1.54, 1.807) is 7.11 Å². The van der Waals surface area contributed by atoms with Crippen molar-refractivity contribution in [3.05, 3.63) is 0 Å². The first-order valence-electron chi connectivity index (χ1n) is 4.08. The summed E-state index contributed by atoms with van der Waals surface area (Å²) < 4.78 is 5.06. The van der Waals surface area contributed by atoms with Gasteiger partial charge in [0.05, 0.1) is 6.10 Å². The first-order chi connectivity index (χ1) is 5.20. The van der Waals surface area contributed by atoms with Crippen molar-refractivity contribution in [2.45, 2.75) is 31.7 Å². The molecule has 0 rings (SSSR count). The van der Waals surface area contributed by atoms with Gasteiger partial charge in [-0.25, -0.2) is 0 Å². The standard InChI is InChI=1S/C8H18ClNO/c1-4-8(9)6-10-5-7(2)11-3/h7-8,10H,4-6H2,1-3H3. The minimum atomic E-state index is 0.249. The molecule has 0 aliphatic rings. The average Bonchev–Trinajstić information content (AvgIpc) is 2.04. The summed E-state index contributed by atoms with van der Waals surface area (Å²) in [7, 11) is 1.71. The Morgan fingerprint density at radius 3 is 2.55 bits per heavy atom. The van der Waals surface area contributed by atoms with Crippen molar-refractivity contribution < 1.29 is 4.74 Å². The molecule has 0 saturated heterocycles. The van der Waals surface area contributed by atoms with E-state index in [9.17, 15) is 0 Å². The summed E-state index contributed by atoms with van der Waals surface area (Å²) in [6.45, 7) is 5.85. The van der Waals surface area contributed by atoms with Gasteiger partial charge in [-0.2, -0.15) is 0 Å². The van der Waals surface area contributed by atoms with Gasteiger partial charge in [0.2, 0.25) is 0 Å². The topological polar surface area (TPSA) is 21.3 Å². The van der Waals surface area contributed by atoms with Crippen LogP contribution in [0.2, 0.25) is 0 Å². The largest absolute Gasteiger partial charge is 0.380 e. The predicted octanol–water partition coefficient (Wildman–Crippen LogP) is 1.63. The van der Waals surface area contributed by atoms with Crippen LogP contribution in [0.3, 0.4) is 0 Å². The number of halogens is 1. The predicted molar refractivity (Wildman–Crippen MR) is 49.3 cm³/mol. The zero-order chi connectivity index (χ0) is 8.69. The van der Waals surface area contributed by atoms with Crippen LogP contribution in [-0.4, -0.2) is 31.7 Å². The molecule has 0 spiro atoms. The van der Waals surface area contributed by atoms with E-state index < -0.39 is 0 Å². The third-order valence-corrected chi connectivity index (χ3v) is 2.11. The number of nitrogens with one attached hydrogen (secondary N) is 1. The molecule has 0 aromatic carbocycles. The third-order valence-electron chi connectivity index (χ3n) is 1.64. The number of rotatable bonds is 6. The highest BCUT2D eigenvalue weighted by Crippen LogP contribution is 1.98. The average molecular weight is 180 g/mol. The van der Waals surface area contributed by atoms with Gasteiger partial charge in [0, 0.05) is 25.6 Å². The molecular formula is C8H18ClNO. The smallest absolute Gasteiger partial charge is 0.0667 e. The van der Waals surface area contributed by atoms with Gasteiger partial charge < -0.3 is 10.1 Å². The summed E-state index contributed by atoms with van der Waals surface area (Å²) in [5.41, 5.74) is 0. The Hall–Kier alpha value is 0.210. The molecule has 2 atom stereocenters. The molecule has 2 unspecified atom stereocenters. The fourth-order valence-corrected chi connectivity index (χ4v) is 0.780. The normalized spacial score (nSPS) is 16.4. The van der Waals surface area contributed by atoms with Gasteiger partial charge in [0.25, 0.3) is 0 Å². The van der Waals surface area contributed by atoms with Gasteiger partial charge >= 0.3 is 0 Å². The maximum atomic E-state index is 5.89. The number of hydrogen-bond acceptors (Lipinski definition) is 2. The number of methoxy groups -OCH3 is 1. The van der Waals surface area contributed by atoms with Crippen LogP contribution in [0.1, 0.15) is 20.3 Å². The minimum absolute atomic E-state index is 0.249. The fraction of sp³-hybridized carbons (Fsp3) is 1.00. The molecule has 0 aromatic heterocycles. The van der Waals surface area contributed by atoms with E-state index in [4.69, 9.17) is 16.3 Å². The zero-order valence-corrected chi connectivity index (χ0v) is 8.32. The van der Waals surface area contributed by atoms with E-state index in [1.807, 2.05) is 6.92 Å². The molecule has 1 N–H and O–H groups in total. The lowest BCUT2D eigenvalue weighted by molar-refractivity contribution is 0.117. The Morgan fingerprint density at radius 2 is 2.09 bits per heavy atom. The molecular weight excluding hydrogens is 162 g/mol. The van der Waals surface area contributed by atoms with Gasteiger partial charge in [-0.3, -0.25) is 0 Å². The second-order valence-electron chi connectivity index (χ2n) is 2.71. The summed E-state index contributed by atoms with van der Waals surface area (Å²) in [6.07, 6.45) is 1.28. The molecule has 0 aliphatic carbocycles. The molecule has 68 valence electrons. The number of hydrogen-bond donors (Lipinski definition) is 1. The molecule has 3 heteroatoms. The monoisotopic (exact) mass is 179 g/mol. The van der Waals surface area contributed by atoms with Crippen LogP contribution in [0.15, 0.2) is 0 Å². The molecule has 2 nitrogen and oxygen atoms in total. The molecule has 0 fully saturated rings. The van der Waals surface area contributed by atoms with Gasteiger partial charge in [0.15, 0.2) is 0 Å². The highest BCUT2D eigenvalue weighted by molar-refractivity contribution is 6.20. The van der Waals surface area contributed by atoms with Crippen molar-refractivity contribution in [2.75, 3.05) is 20.2 Å². The SMILES string of the molecule is CCC(Cl)CNCC(C)OC. The van der Waals surface area contributed by atoms with E-state index >= 15 is 0 Å². The molecule has 0 amide bonds. The van der Waals surface area contributed by atoms with Gasteiger partial charge in [-0.15, -0.1) is 11.6 Å². The van der Waals surface area contributed by atoms with Crippen LogP contribution >= 0.6 is 11.6 Å². The molecule has 0 saturated carbocycles. The van der Waals surface area contributed by atoms with E-state index in [1.165, 1.54) is 0 Å². The Labute approximate surface area is 74.3 Å². The molecule has 0 aromatic rings. The van der Waals surface area contributed by atoms with E-state index in [2.05, 4.69) is 12.2 Å². The second kappa shape index (κ2) is 6.89. The van der Waals surface area contributed by atoms with Crippen molar-refractivity contribution in [2.24, 2.45) is 0 Å². The van der Waals surface area contributed by atoms with Crippen molar-refractivity contribution in [1.29, 1.82) is 0 Å². The molecule has 0 radical (unpaired) electrons. The summed E-state index contributed by atoms with van der Waals surface area (Å²) in [4.78, 5) is 0. The number of ether oxygens (including phenoxy) is 1. The van der Waals surface area contributed by atoms with Crippen LogP contribution in [0, 0.1) is 0 Å². The molecule has 0 aliphatic heterocycles. The Balaban J connectivity index is 3.13. The van der Waals surface area contributed by atoms with Crippen LogP contribution < -0.4 is 5.32 Å². The first-order valence-corrected chi connectivity index (χ1v) is 4.51. The maximum absolute atomic E-state index is 5.89. The van der Waals surface area contributed by atoms with Crippen molar-refractivity contribution in [1.82, 2.24) is 5.32 Å². The van der Waals surface area contributed by atoms with E-state index in [0.29, 0.717) is 0 Å². The van der Waals surface area contributed by atoms with Crippen LogP contribution in [-0.2, 0) is 4.74 Å². The minimum Gasteiger partial charge on any atom is -0.380 e. The van der Waals surface area contributed by atoms with Gasteiger partial charge in [-0.05, 0) is 13.3 Å². The molecule has 0 bridgehead atoms. The molecule has 11 heavy (non-hydrogen) atoms. The Bertz CT molecular complexity index is 80.2. The Morgan fingerprint density at radius 1 is 1.45 bits per heavy atom. The first kappa shape index (κ1) is 11.2. The highest BCUT2D eigenvalue weighted by atomic mass is 35.5. The van der Waals surface area contributed by atoms with E-state index in [-0.39, 0.29) is 11.5 Å². The van der Waals surface area contributed by atoms with Crippen molar-refractivity contribution >= 4 is 11.6 Å². The number of alkyl halides is 1. The Kier molecular flexibility index (Phi) is 7.02. The second-order valence-corrected chi connectivity index (χ2v) is 3.33. The maximum Gasteiger partial charge on any atom is 0.0667 e. The van der Waals surface area contributed by atoms with E-state index in [0.717, 1.165) is 19.5 Å². The fourth-order valence-electron chi connectivity index (χ4n) is 0.671. The summed E-state index contributed by atoms with van der Waals surface area (Å²) in [5.74, 6) is 0. The third kappa shape index (κ3) is 6.60. The lowest BCUT2D eigenvalue weighted by Gasteiger charge is -2.12. The summed E-state index contributed by atoms with van der Waals surface area (Å²) >= 11 is 5.89. The quantitative estimate of drug-likeness (QED) is 0.626. The highest BCUT2D eigenvalue weighted by Gasteiger charge is 2.01.